The molecule has 0 saturated heterocycles. The zero-order valence-electron chi connectivity index (χ0n) is 8.53. The van der Waals surface area contributed by atoms with Crippen LogP contribution in [0.1, 0.15) is 0 Å². The molecule has 0 aliphatic carbocycles. The smallest absolute Gasteiger partial charge is 0.220 e. The Kier molecular flexibility index (Phi) is 3.66. The van der Waals surface area contributed by atoms with Gasteiger partial charge in [-0.25, -0.2) is 9.19 Å². The van der Waals surface area contributed by atoms with Crippen molar-refractivity contribution in [1.29, 1.82) is 0 Å². The van der Waals surface area contributed by atoms with Gasteiger partial charge in [0.15, 0.2) is 10.9 Å². The molecule has 0 aliphatic rings. The number of nitrogens with zero attached hydrogens (tertiary/aromatic N) is 2. The number of hydrogen-bond donors (Lipinski definition) is 1. The maximum Gasteiger partial charge on any atom is 0.220 e. The van der Waals surface area contributed by atoms with E-state index in [0.29, 0.717) is 5.13 Å². The molecule has 0 radical (unpaired) electrons. The van der Waals surface area contributed by atoms with E-state index in [2.05, 4.69) is 13.5 Å². The van der Waals surface area contributed by atoms with Crippen molar-refractivity contribution in [3.8, 4) is 11.3 Å². The van der Waals surface area contributed by atoms with Gasteiger partial charge in [0.1, 0.15) is 0 Å². The van der Waals surface area contributed by atoms with Crippen LogP contribution < -0.4 is 0 Å². The van der Waals surface area contributed by atoms with Gasteiger partial charge >= 0.3 is 0 Å². The predicted octanol–water partition coefficient (Wildman–Crippen LogP) is 2.67. The quantitative estimate of drug-likeness (QED) is 0.857. The van der Waals surface area contributed by atoms with Crippen molar-refractivity contribution in [2.75, 3.05) is 7.11 Å². The summed E-state index contributed by atoms with van der Waals surface area (Å²) in [5, 5.41) is 2.36. The molecule has 0 fully saturated rings. The minimum atomic E-state index is -1.99. The number of thiol groups is 1. The normalized spacial score (nSPS) is 12.8. The molecule has 0 N–H and O–H groups in total. The Morgan fingerprint density at radius 2 is 2.12 bits per heavy atom. The van der Waals surface area contributed by atoms with Gasteiger partial charge in [-0.2, -0.15) is 0 Å². The third-order valence-electron chi connectivity index (χ3n) is 1.88. The van der Waals surface area contributed by atoms with Crippen LogP contribution in [-0.2, 0) is 15.1 Å². The highest BCUT2D eigenvalue weighted by molar-refractivity contribution is 7.70. The molecule has 0 amide bonds. The van der Waals surface area contributed by atoms with Gasteiger partial charge in [0, 0.05) is 10.9 Å². The molecular weight excluding hydrogens is 244 g/mol. The van der Waals surface area contributed by atoms with E-state index < -0.39 is 10.9 Å². The third kappa shape index (κ3) is 2.66. The van der Waals surface area contributed by atoms with Crippen molar-refractivity contribution in [2.45, 2.75) is 0 Å². The first-order valence-corrected chi connectivity index (χ1v) is 6.54. The van der Waals surface area contributed by atoms with Gasteiger partial charge in [0.2, 0.25) is 5.13 Å². The van der Waals surface area contributed by atoms with Crippen LogP contribution in [0.2, 0.25) is 0 Å². The monoisotopic (exact) mass is 254 g/mol. The minimum absolute atomic E-state index is 0.474. The SMILES string of the molecule is CO[SH](=O)=Nc1nc(-c2ccccc2)cs1. The molecule has 1 atom stereocenters. The number of aromatic nitrogens is 1. The predicted molar refractivity (Wildman–Crippen MR) is 66.2 cm³/mol. The van der Waals surface area contributed by atoms with E-state index in [9.17, 15) is 4.21 Å². The van der Waals surface area contributed by atoms with E-state index in [1.165, 1.54) is 18.4 Å². The lowest BCUT2D eigenvalue weighted by atomic mass is 10.2. The average Bonchev–Trinajstić information content (AvgIpc) is 2.78. The van der Waals surface area contributed by atoms with Crippen LogP contribution in [0.4, 0.5) is 5.13 Å². The van der Waals surface area contributed by atoms with E-state index in [1.807, 2.05) is 35.7 Å². The zero-order valence-corrected chi connectivity index (χ0v) is 10.2. The van der Waals surface area contributed by atoms with Gasteiger partial charge < -0.3 is 0 Å². The molecule has 0 spiro atoms. The van der Waals surface area contributed by atoms with Crippen LogP contribution in [0.5, 0.6) is 0 Å². The highest BCUT2D eigenvalue weighted by atomic mass is 32.2. The van der Waals surface area contributed by atoms with Gasteiger partial charge in [-0.1, -0.05) is 30.3 Å². The molecule has 0 saturated carbocycles. The summed E-state index contributed by atoms with van der Waals surface area (Å²) >= 11 is 1.35. The summed E-state index contributed by atoms with van der Waals surface area (Å²) < 4.78 is 19.4. The highest BCUT2D eigenvalue weighted by Gasteiger charge is 2.02. The lowest BCUT2D eigenvalue weighted by Gasteiger charge is -1.93. The second-order valence-corrected chi connectivity index (χ2v) is 4.78. The van der Waals surface area contributed by atoms with Crippen molar-refractivity contribution in [1.82, 2.24) is 4.98 Å². The van der Waals surface area contributed by atoms with Gasteiger partial charge in [-0.15, -0.1) is 15.7 Å². The zero-order chi connectivity index (χ0) is 11.4. The van der Waals surface area contributed by atoms with E-state index in [1.54, 1.807) is 0 Å². The lowest BCUT2D eigenvalue weighted by Crippen LogP contribution is -1.77. The largest absolute Gasteiger partial charge is 0.290 e. The average molecular weight is 254 g/mol. The molecule has 2 aromatic rings. The van der Waals surface area contributed by atoms with Crippen molar-refractivity contribution < 1.29 is 8.39 Å². The van der Waals surface area contributed by atoms with Crippen LogP contribution in [0, 0.1) is 0 Å². The van der Waals surface area contributed by atoms with Crippen LogP contribution in [0.3, 0.4) is 0 Å². The molecule has 0 bridgehead atoms. The fourth-order valence-corrected chi connectivity index (χ4v) is 2.37. The highest BCUT2D eigenvalue weighted by Crippen LogP contribution is 2.26. The van der Waals surface area contributed by atoms with Crippen LogP contribution in [0.15, 0.2) is 40.1 Å². The van der Waals surface area contributed by atoms with E-state index in [-0.39, 0.29) is 0 Å². The first-order valence-electron chi connectivity index (χ1n) is 4.53. The Hall–Kier alpha value is -1.24. The molecule has 2 rings (SSSR count). The molecule has 84 valence electrons. The summed E-state index contributed by atoms with van der Waals surface area (Å²) in [6, 6.07) is 9.77. The standard InChI is InChI=1S/C10H10N2O2S2/c1-14-16(13)12-10-11-9(7-15-10)8-5-3-2-4-6-8/h2-7,16H,1H3. The number of hydrogen-bond acceptors (Lipinski definition) is 5. The van der Waals surface area contributed by atoms with E-state index in [0.717, 1.165) is 11.3 Å². The fourth-order valence-electron chi connectivity index (χ4n) is 1.16. The molecular formula is C10H10N2O2S2. The molecule has 4 nitrogen and oxygen atoms in total. The topological polar surface area (TPSA) is 51.5 Å². The molecule has 1 heterocycles. The third-order valence-corrected chi connectivity index (χ3v) is 3.42. The lowest BCUT2D eigenvalue weighted by molar-refractivity contribution is 0.453. The Balaban J connectivity index is 2.30. The second-order valence-electron chi connectivity index (χ2n) is 2.90. The number of rotatable bonds is 3. The van der Waals surface area contributed by atoms with Gasteiger partial charge in [0.25, 0.3) is 0 Å². The first kappa shape index (κ1) is 11.3. The summed E-state index contributed by atoms with van der Waals surface area (Å²) in [7, 11) is -0.632. The fraction of sp³-hybridized carbons (Fsp3) is 0.100. The molecule has 1 aromatic carbocycles. The van der Waals surface area contributed by atoms with Crippen molar-refractivity contribution in [3.63, 3.8) is 0 Å². The summed E-state index contributed by atoms with van der Waals surface area (Å²) in [5.41, 5.74) is 1.86. The maximum atomic E-state index is 11.1. The Labute approximate surface area is 99.3 Å². The van der Waals surface area contributed by atoms with Gasteiger partial charge in [-0.3, -0.25) is 4.18 Å². The Bertz CT molecular complexity index is 545. The van der Waals surface area contributed by atoms with Gasteiger partial charge in [0.05, 0.1) is 12.8 Å². The molecule has 16 heavy (non-hydrogen) atoms. The maximum absolute atomic E-state index is 11.1. The minimum Gasteiger partial charge on any atom is -0.290 e. The van der Waals surface area contributed by atoms with E-state index in [4.69, 9.17) is 0 Å². The van der Waals surface area contributed by atoms with E-state index >= 15 is 0 Å². The Morgan fingerprint density at radius 3 is 2.81 bits per heavy atom. The molecule has 1 unspecified atom stereocenters. The summed E-state index contributed by atoms with van der Waals surface area (Å²) in [4.78, 5) is 4.26. The van der Waals surface area contributed by atoms with Gasteiger partial charge in [-0.05, 0) is 0 Å². The number of thiazole rings is 1. The molecule has 6 heteroatoms. The summed E-state index contributed by atoms with van der Waals surface area (Å²) in [6.45, 7) is 0. The first-order chi connectivity index (χ1) is 7.79. The van der Waals surface area contributed by atoms with Crippen LogP contribution in [0.25, 0.3) is 11.3 Å². The second kappa shape index (κ2) is 5.20. The van der Waals surface area contributed by atoms with Crippen LogP contribution >= 0.6 is 11.3 Å². The number of benzene rings is 1. The summed E-state index contributed by atoms with van der Waals surface area (Å²) in [6.07, 6.45) is 0. The van der Waals surface area contributed by atoms with Crippen molar-refractivity contribution >= 4 is 27.3 Å². The summed E-state index contributed by atoms with van der Waals surface area (Å²) in [5.74, 6) is 0. The van der Waals surface area contributed by atoms with Crippen molar-refractivity contribution in [2.24, 2.45) is 4.36 Å². The Morgan fingerprint density at radius 1 is 1.38 bits per heavy atom. The van der Waals surface area contributed by atoms with Crippen LogP contribution in [-0.4, -0.2) is 16.3 Å². The van der Waals surface area contributed by atoms with Crippen molar-refractivity contribution in [3.05, 3.63) is 35.7 Å². The molecule has 0 aliphatic heterocycles. The molecule has 1 aromatic heterocycles.